The van der Waals surface area contributed by atoms with E-state index in [-0.39, 0.29) is 49.8 Å². The number of fused-ring (bicyclic) bond motifs is 1. The molecule has 6 aromatic rings. The number of allylic oxidation sites excluding steroid dienone is 1. The van der Waals surface area contributed by atoms with E-state index in [0.717, 1.165) is 72.2 Å². The molecule has 4 aromatic heterocycles. The fourth-order valence-electron chi connectivity index (χ4n) is 9.45. The number of β-amino-alcohol motifs (C(OH)–C–C–N with tert-alkyl or cyclic N) is 1. The standard InChI is InChI=1S/C55H70N12O7S/c1-8-23-66-51(71)42-33-57-53(62-49(42)67(66)45-13-9-12-44(60-45)55(6,7)73)59-39-19-21-40(22-20-39)64-27-25-63(26-28-64)24-11-30-74-29-10-14-46(69)61-48(54(3,4)5)52(72)65-34-41(68)31-43(65)50(70)56-32-37-15-17-38(18-16-37)47-36(2)58-35-75-47/h8-9,12-13,15-22,33,35,41,43,48,68,73H,1,10-11,14,23-32,34H2,2-7H3,(H,56,70)(H,61,69)(H,57,59,62)/t41?,43?,48-/m1/s1. The third-order valence-corrected chi connectivity index (χ3v) is 14.6. The highest BCUT2D eigenvalue weighted by Gasteiger charge is 2.44. The van der Waals surface area contributed by atoms with Crippen LogP contribution in [0, 0.1) is 12.3 Å². The number of aliphatic hydroxyl groups is 2. The topological polar surface area (TPSA) is 225 Å². The fourth-order valence-corrected chi connectivity index (χ4v) is 10.3. The molecule has 398 valence electrons. The number of rotatable bonds is 21. The van der Waals surface area contributed by atoms with Crippen LogP contribution in [0.2, 0.25) is 0 Å². The molecular weight excluding hydrogens is 973 g/mol. The van der Waals surface area contributed by atoms with Crippen LogP contribution in [-0.4, -0.2) is 138 Å². The zero-order valence-corrected chi connectivity index (χ0v) is 44.6. The first-order chi connectivity index (χ1) is 35.9. The number of carbonyl (C=O) groups is 3. The normalized spacial score (nSPS) is 16.8. The van der Waals surface area contributed by atoms with Crippen molar-refractivity contribution in [3.05, 3.63) is 118 Å². The Morgan fingerprint density at radius 2 is 1.68 bits per heavy atom. The predicted molar refractivity (Wildman–Crippen MR) is 291 cm³/mol. The number of hydrogen-bond donors (Lipinski definition) is 5. The van der Waals surface area contributed by atoms with E-state index >= 15 is 0 Å². The van der Waals surface area contributed by atoms with Crippen molar-refractivity contribution < 1.29 is 29.3 Å². The van der Waals surface area contributed by atoms with Crippen LogP contribution >= 0.6 is 11.3 Å². The first-order valence-electron chi connectivity index (χ1n) is 25.6. The second kappa shape index (κ2) is 23.8. The van der Waals surface area contributed by atoms with Crippen molar-refractivity contribution in [3.63, 3.8) is 0 Å². The molecule has 20 heteroatoms. The largest absolute Gasteiger partial charge is 0.391 e. The number of aryl methyl sites for hydroxylation is 1. The number of thiazole rings is 1. The fraction of sp³-hybridized carbons (Fsp3) is 0.455. The number of nitrogens with zero attached hydrogens (tertiary/aromatic N) is 9. The minimum absolute atomic E-state index is 0.0118. The number of piperazine rings is 1. The smallest absolute Gasteiger partial charge is 0.278 e. The van der Waals surface area contributed by atoms with Crippen LogP contribution in [0.25, 0.3) is 27.3 Å². The minimum atomic E-state index is -1.19. The van der Waals surface area contributed by atoms with E-state index in [4.69, 9.17) is 9.72 Å². The molecule has 2 fully saturated rings. The van der Waals surface area contributed by atoms with Gasteiger partial charge in [-0.15, -0.1) is 17.9 Å². The number of carbonyl (C=O) groups excluding carboxylic acids is 3. The molecule has 2 unspecified atom stereocenters. The molecule has 0 bridgehead atoms. The van der Waals surface area contributed by atoms with Crippen LogP contribution in [0.15, 0.2) is 95.9 Å². The van der Waals surface area contributed by atoms with Crippen molar-refractivity contribution in [1.29, 1.82) is 0 Å². The third-order valence-electron chi connectivity index (χ3n) is 13.6. The number of nitrogens with one attached hydrogen (secondary N) is 3. The highest BCUT2D eigenvalue weighted by molar-refractivity contribution is 7.13. The summed E-state index contributed by atoms with van der Waals surface area (Å²) in [7, 11) is 0. The summed E-state index contributed by atoms with van der Waals surface area (Å²) >= 11 is 1.58. The molecule has 5 N–H and O–H groups in total. The lowest BCUT2D eigenvalue weighted by Crippen LogP contribution is -2.57. The molecule has 3 amide bonds. The molecule has 2 aromatic carbocycles. The molecule has 0 saturated carbocycles. The summed E-state index contributed by atoms with van der Waals surface area (Å²) < 4.78 is 9.05. The SMILES string of the molecule is C=CCn1c(=O)c2cnc(Nc3ccc(N4CCN(CCCOCCCC(=O)N[C@H](C(=O)N5CC(O)CC5C(=O)NCc5ccc(-c6scnc6C)cc5)C(C)(C)C)CC4)cc3)nc2n1-c1cccc(C(C)(C)O)n1. The second-order valence-corrected chi connectivity index (χ2v) is 21.7. The molecular formula is C55H70N12O7S. The van der Waals surface area contributed by atoms with Gasteiger partial charge >= 0.3 is 0 Å². The average molecular weight is 1040 g/mol. The first kappa shape index (κ1) is 54.4. The van der Waals surface area contributed by atoms with Gasteiger partial charge in [-0.2, -0.15) is 4.98 Å². The number of anilines is 3. The van der Waals surface area contributed by atoms with Gasteiger partial charge in [0.05, 0.1) is 34.4 Å². The number of ether oxygens (including phenoxy) is 1. The quantitative estimate of drug-likeness (QED) is 0.0432. The number of aromatic nitrogens is 6. The van der Waals surface area contributed by atoms with Gasteiger partial charge in [0, 0.05) is 89.4 Å². The number of likely N-dealkylation sites (tertiary alicyclic amines) is 1. The number of pyridine rings is 1. The Morgan fingerprint density at radius 1 is 0.947 bits per heavy atom. The summed E-state index contributed by atoms with van der Waals surface area (Å²) in [5, 5.41) is 30.7. The number of aliphatic hydroxyl groups excluding tert-OH is 1. The Morgan fingerprint density at radius 3 is 2.36 bits per heavy atom. The second-order valence-electron chi connectivity index (χ2n) is 20.9. The van der Waals surface area contributed by atoms with Crippen molar-refractivity contribution >= 4 is 57.4 Å². The third kappa shape index (κ3) is 13.3. The first-order valence-corrected chi connectivity index (χ1v) is 26.5. The Bertz CT molecular complexity index is 3010. The molecule has 2 aliphatic rings. The maximum atomic E-state index is 14.1. The van der Waals surface area contributed by atoms with Gasteiger partial charge < -0.3 is 40.7 Å². The van der Waals surface area contributed by atoms with E-state index in [9.17, 15) is 29.4 Å². The van der Waals surface area contributed by atoms with E-state index in [2.05, 4.69) is 59.4 Å². The highest BCUT2D eigenvalue weighted by atomic mass is 32.1. The van der Waals surface area contributed by atoms with Crippen LogP contribution in [0.5, 0.6) is 0 Å². The Balaban J connectivity index is 0.741. The van der Waals surface area contributed by atoms with Crippen molar-refractivity contribution in [2.75, 3.05) is 62.7 Å². The van der Waals surface area contributed by atoms with Crippen molar-refractivity contribution in [2.24, 2.45) is 5.41 Å². The highest BCUT2D eigenvalue weighted by Crippen LogP contribution is 2.29. The van der Waals surface area contributed by atoms with Gasteiger partial charge in [-0.3, -0.25) is 24.1 Å². The monoisotopic (exact) mass is 1040 g/mol. The summed E-state index contributed by atoms with van der Waals surface area (Å²) in [5.74, 6) is -0.260. The van der Waals surface area contributed by atoms with Crippen molar-refractivity contribution in [3.8, 4) is 16.3 Å². The Kier molecular flexibility index (Phi) is 17.3. The van der Waals surface area contributed by atoms with Gasteiger partial charge in [0.25, 0.3) is 5.56 Å². The molecule has 3 atom stereocenters. The summed E-state index contributed by atoms with van der Waals surface area (Å²) in [6, 6.07) is 19.5. The zero-order valence-electron chi connectivity index (χ0n) is 43.8. The van der Waals surface area contributed by atoms with Crippen LogP contribution in [0.4, 0.5) is 17.3 Å². The van der Waals surface area contributed by atoms with Crippen LogP contribution < -0.4 is 26.4 Å². The van der Waals surface area contributed by atoms with E-state index < -0.39 is 35.1 Å². The molecule has 2 saturated heterocycles. The summed E-state index contributed by atoms with van der Waals surface area (Å²) in [6.45, 7) is 20.7. The van der Waals surface area contributed by atoms with Crippen molar-refractivity contribution in [2.45, 2.75) is 104 Å². The van der Waals surface area contributed by atoms with Crippen molar-refractivity contribution in [1.82, 2.24) is 49.7 Å². The van der Waals surface area contributed by atoms with E-state index in [1.54, 1.807) is 54.1 Å². The van der Waals surface area contributed by atoms with E-state index in [0.29, 0.717) is 48.1 Å². The summed E-state index contributed by atoms with van der Waals surface area (Å²) in [6.07, 6.45) is 3.94. The molecule has 75 heavy (non-hydrogen) atoms. The maximum Gasteiger partial charge on any atom is 0.278 e. The molecule has 0 radical (unpaired) electrons. The van der Waals surface area contributed by atoms with E-state index in [1.807, 2.05) is 69.6 Å². The van der Waals surface area contributed by atoms with Gasteiger partial charge in [0.1, 0.15) is 23.1 Å². The number of amides is 3. The molecule has 19 nitrogen and oxygen atoms in total. The van der Waals surface area contributed by atoms with Gasteiger partial charge in [0.15, 0.2) is 11.5 Å². The lowest BCUT2D eigenvalue weighted by Gasteiger charge is -2.36. The lowest BCUT2D eigenvalue weighted by atomic mass is 9.85. The number of hydrogen-bond acceptors (Lipinski definition) is 15. The zero-order chi connectivity index (χ0) is 53.4. The number of benzene rings is 2. The van der Waals surface area contributed by atoms with Crippen LogP contribution in [0.1, 0.15) is 77.3 Å². The minimum Gasteiger partial charge on any atom is -0.391 e. The molecule has 0 aliphatic carbocycles. The predicted octanol–water partition coefficient (Wildman–Crippen LogP) is 5.68. The van der Waals surface area contributed by atoms with Gasteiger partial charge in [-0.1, -0.05) is 57.2 Å². The van der Waals surface area contributed by atoms with Gasteiger partial charge in [0.2, 0.25) is 23.7 Å². The summed E-state index contributed by atoms with van der Waals surface area (Å²) in [5.41, 5.74) is 5.36. The average Bonchev–Trinajstić information content (AvgIpc) is 4.08. The maximum absolute atomic E-state index is 14.1. The van der Waals surface area contributed by atoms with Crippen LogP contribution in [0.3, 0.4) is 0 Å². The molecule has 2 aliphatic heterocycles. The Hall–Kier alpha value is -6.84. The van der Waals surface area contributed by atoms with Gasteiger partial charge in [-0.25, -0.2) is 24.3 Å². The van der Waals surface area contributed by atoms with Gasteiger partial charge in [-0.05, 0) is 86.6 Å². The van der Waals surface area contributed by atoms with E-state index in [1.165, 1.54) is 15.8 Å². The summed E-state index contributed by atoms with van der Waals surface area (Å²) in [4.78, 5) is 79.7. The molecule has 6 heterocycles. The Labute approximate surface area is 441 Å². The molecule has 8 rings (SSSR count). The van der Waals surface area contributed by atoms with Crippen LogP contribution in [-0.2, 0) is 37.8 Å². The molecule has 0 spiro atoms. The lowest BCUT2D eigenvalue weighted by molar-refractivity contribution is -0.144.